The topological polar surface area (TPSA) is 44.1 Å². The average molecular weight is 529 g/mol. The molecule has 6 rings (SSSR count). The molecule has 5 heteroatoms. The first-order valence-corrected chi connectivity index (χ1v) is 15.3. The van der Waals surface area contributed by atoms with Gasteiger partial charge in [-0.1, -0.05) is 79.1 Å². The molecule has 2 aliphatic carbocycles. The van der Waals surface area contributed by atoms with E-state index in [9.17, 15) is 4.79 Å². The van der Waals surface area contributed by atoms with Crippen molar-refractivity contribution in [2.24, 2.45) is 0 Å². The Labute approximate surface area is 231 Å². The summed E-state index contributed by atoms with van der Waals surface area (Å²) in [5.41, 5.74) is 8.19. The van der Waals surface area contributed by atoms with Gasteiger partial charge in [0.25, 0.3) is 5.56 Å². The normalized spacial score (nSPS) is 21.6. The second kappa shape index (κ2) is 9.98. The van der Waals surface area contributed by atoms with Gasteiger partial charge in [0.15, 0.2) is 5.16 Å². The standard InChI is InChI=1S/C33H40N2O2S/c1-22-12-13-25(23(2)18-22)21-38-31-34-29-27-11-7-6-10-24(27)19-33(15-8-5-9-16-33)28(29)30(36)35(31)26-14-17-37-32(3,4)20-26/h6-7,10-13,18,26H,5,8-9,14-17,19-21H2,1-4H3. The van der Waals surface area contributed by atoms with E-state index in [1.807, 2.05) is 0 Å². The molecule has 3 aliphatic rings. The molecule has 2 fully saturated rings. The number of hydrogen-bond acceptors (Lipinski definition) is 4. The van der Waals surface area contributed by atoms with Crippen LogP contribution in [0.3, 0.4) is 0 Å². The maximum absolute atomic E-state index is 14.8. The largest absolute Gasteiger partial charge is 0.375 e. The maximum atomic E-state index is 14.8. The van der Waals surface area contributed by atoms with Crippen LogP contribution in [0.25, 0.3) is 11.3 Å². The maximum Gasteiger partial charge on any atom is 0.258 e. The predicted molar refractivity (Wildman–Crippen MR) is 156 cm³/mol. The minimum atomic E-state index is -0.247. The van der Waals surface area contributed by atoms with Crippen molar-refractivity contribution >= 4 is 11.8 Å². The van der Waals surface area contributed by atoms with Gasteiger partial charge in [0.05, 0.1) is 16.9 Å². The number of rotatable bonds is 4. The Kier molecular flexibility index (Phi) is 6.80. The van der Waals surface area contributed by atoms with E-state index >= 15 is 0 Å². The first kappa shape index (κ1) is 25.9. The molecule has 1 spiro atoms. The molecular weight excluding hydrogens is 488 g/mol. The zero-order valence-electron chi connectivity index (χ0n) is 23.3. The number of nitrogens with zero attached hydrogens (tertiary/aromatic N) is 2. The lowest BCUT2D eigenvalue weighted by Gasteiger charge is -2.43. The number of fused-ring (bicyclic) bond motifs is 4. The van der Waals surface area contributed by atoms with E-state index in [1.54, 1.807) is 11.8 Å². The van der Waals surface area contributed by atoms with Crippen molar-refractivity contribution in [1.82, 2.24) is 9.55 Å². The molecular formula is C33H40N2O2S. The lowest BCUT2D eigenvalue weighted by Crippen LogP contribution is -2.45. The lowest BCUT2D eigenvalue weighted by atomic mass is 9.62. The summed E-state index contributed by atoms with van der Waals surface area (Å²) in [6.45, 7) is 9.30. The van der Waals surface area contributed by atoms with Gasteiger partial charge in [0.2, 0.25) is 0 Å². The third kappa shape index (κ3) is 4.66. The summed E-state index contributed by atoms with van der Waals surface area (Å²) in [7, 11) is 0. The van der Waals surface area contributed by atoms with E-state index in [1.165, 1.54) is 41.5 Å². The molecule has 0 N–H and O–H groups in total. The van der Waals surface area contributed by atoms with Gasteiger partial charge < -0.3 is 4.74 Å². The number of thioether (sulfide) groups is 1. The molecule has 1 aromatic heterocycles. The fraction of sp³-hybridized carbons (Fsp3) is 0.515. The van der Waals surface area contributed by atoms with Crippen LogP contribution in [0.15, 0.2) is 52.4 Å². The van der Waals surface area contributed by atoms with Crippen LogP contribution in [0, 0.1) is 13.8 Å². The first-order chi connectivity index (χ1) is 18.3. The highest BCUT2D eigenvalue weighted by Gasteiger charge is 2.44. The first-order valence-electron chi connectivity index (χ1n) is 14.3. The molecule has 0 amide bonds. The van der Waals surface area contributed by atoms with Crippen molar-refractivity contribution < 1.29 is 4.74 Å². The molecule has 38 heavy (non-hydrogen) atoms. The molecule has 3 aromatic rings. The lowest BCUT2D eigenvalue weighted by molar-refractivity contribution is -0.0710. The van der Waals surface area contributed by atoms with Gasteiger partial charge in [-0.15, -0.1) is 0 Å². The van der Waals surface area contributed by atoms with Crippen LogP contribution in [-0.2, 0) is 22.3 Å². The van der Waals surface area contributed by atoms with Gasteiger partial charge in [-0.05, 0) is 76.5 Å². The minimum absolute atomic E-state index is 0.0921. The molecule has 2 heterocycles. The summed E-state index contributed by atoms with van der Waals surface area (Å²) in [5, 5.41) is 0.860. The van der Waals surface area contributed by atoms with Gasteiger partial charge >= 0.3 is 0 Å². The Morgan fingerprint density at radius 1 is 1.08 bits per heavy atom. The summed E-state index contributed by atoms with van der Waals surface area (Å²) in [6, 6.07) is 15.4. The van der Waals surface area contributed by atoms with Crippen molar-refractivity contribution in [2.45, 2.75) is 107 Å². The SMILES string of the molecule is Cc1ccc(CSc2nc3c(c(=O)n2C2CCOC(C)(C)C2)C2(CCCCC2)Cc2ccccc2-3)c(C)c1. The molecule has 1 saturated carbocycles. The van der Waals surface area contributed by atoms with Gasteiger partial charge in [-0.3, -0.25) is 9.36 Å². The summed E-state index contributed by atoms with van der Waals surface area (Å²) in [6.07, 6.45) is 8.45. The number of hydrogen-bond donors (Lipinski definition) is 0. The van der Waals surface area contributed by atoms with Crippen LogP contribution < -0.4 is 5.56 Å². The highest BCUT2D eigenvalue weighted by Crippen LogP contribution is 2.49. The van der Waals surface area contributed by atoms with Gasteiger partial charge in [-0.2, -0.15) is 0 Å². The van der Waals surface area contributed by atoms with Crippen LogP contribution in [0.4, 0.5) is 0 Å². The number of aryl methyl sites for hydroxylation is 2. The Balaban J connectivity index is 1.53. The zero-order chi connectivity index (χ0) is 26.5. The number of ether oxygens (including phenoxy) is 1. The molecule has 1 atom stereocenters. The number of aromatic nitrogens is 2. The second-order valence-electron chi connectivity index (χ2n) is 12.4. The predicted octanol–water partition coefficient (Wildman–Crippen LogP) is 7.71. The van der Waals surface area contributed by atoms with Crippen LogP contribution >= 0.6 is 11.8 Å². The van der Waals surface area contributed by atoms with E-state index in [4.69, 9.17) is 9.72 Å². The van der Waals surface area contributed by atoms with Crippen LogP contribution in [0.1, 0.15) is 92.7 Å². The third-order valence-electron chi connectivity index (χ3n) is 9.12. The zero-order valence-corrected chi connectivity index (χ0v) is 24.1. The molecule has 200 valence electrons. The molecule has 1 aliphatic heterocycles. The van der Waals surface area contributed by atoms with Crippen LogP contribution in [0.5, 0.6) is 0 Å². The molecule has 2 aromatic carbocycles. The molecule has 4 nitrogen and oxygen atoms in total. The monoisotopic (exact) mass is 528 g/mol. The second-order valence-corrected chi connectivity index (χ2v) is 13.4. The van der Waals surface area contributed by atoms with Gasteiger partial charge in [0, 0.05) is 29.4 Å². The fourth-order valence-electron chi connectivity index (χ4n) is 7.19. The summed E-state index contributed by atoms with van der Waals surface area (Å²) < 4.78 is 8.18. The average Bonchev–Trinajstić information content (AvgIpc) is 2.88. The van der Waals surface area contributed by atoms with Crippen molar-refractivity contribution in [3.63, 3.8) is 0 Å². The Morgan fingerprint density at radius 3 is 2.63 bits per heavy atom. The van der Waals surface area contributed by atoms with Crippen molar-refractivity contribution in [1.29, 1.82) is 0 Å². The summed E-state index contributed by atoms with van der Waals surface area (Å²) >= 11 is 1.72. The van der Waals surface area contributed by atoms with E-state index in [0.717, 1.165) is 59.8 Å². The van der Waals surface area contributed by atoms with E-state index in [2.05, 4.69) is 74.7 Å². The third-order valence-corrected chi connectivity index (χ3v) is 10.1. The van der Waals surface area contributed by atoms with Crippen molar-refractivity contribution in [3.05, 3.63) is 80.6 Å². The van der Waals surface area contributed by atoms with E-state index in [0.29, 0.717) is 6.61 Å². The molecule has 1 saturated heterocycles. The van der Waals surface area contributed by atoms with Crippen molar-refractivity contribution in [2.75, 3.05) is 6.61 Å². The van der Waals surface area contributed by atoms with E-state index < -0.39 is 0 Å². The minimum Gasteiger partial charge on any atom is -0.375 e. The quantitative estimate of drug-likeness (QED) is 0.257. The molecule has 0 radical (unpaired) electrons. The highest BCUT2D eigenvalue weighted by atomic mass is 32.2. The van der Waals surface area contributed by atoms with E-state index in [-0.39, 0.29) is 22.6 Å². The van der Waals surface area contributed by atoms with Crippen molar-refractivity contribution in [3.8, 4) is 11.3 Å². The Morgan fingerprint density at radius 2 is 1.87 bits per heavy atom. The Hall–Kier alpha value is -2.37. The highest BCUT2D eigenvalue weighted by molar-refractivity contribution is 7.98. The van der Waals surface area contributed by atoms with Gasteiger partial charge in [0.1, 0.15) is 0 Å². The Bertz CT molecular complexity index is 1420. The molecule has 1 unspecified atom stereocenters. The van der Waals surface area contributed by atoms with Crippen LogP contribution in [-0.4, -0.2) is 21.8 Å². The molecule has 0 bridgehead atoms. The fourth-order valence-corrected chi connectivity index (χ4v) is 8.33. The smallest absolute Gasteiger partial charge is 0.258 e. The number of benzene rings is 2. The van der Waals surface area contributed by atoms with Crippen LogP contribution in [0.2, 0.25) is 0 Å². The van der Waals surface area contributed by atoms with Gasteiger partial charge in [-0.25, -0.2) is 4.98 Å². The summed E-state index contributed by atoms with van der Waals surface area (Å²) in [5.74, 6) is 0.802. The summed E-state index contributed by atoms with van der Waals surface area (Å²) in [4.78, 5) is 20.3.